The molecular formula is C23H25F3N6O2. The highest BCUT2D eigenvalue weighted by Gasteiger charge is 2.51. The summed E-state index contributed by atoms with van der Waals surface area (Å²) in [5.74, 6) is -1.26. The number of amides is 2. The molecule has 3 heterocycles. The first-order valence-corrected chi connectivity index (χ1v) is 10.9. The Morgan fingerprint density at radius 1 is 1.24 bits per heavy atom. The number of anilines is 1. The molecule has 2 fully saturated rings. The van der Waals surface area contributed by atoms with E-state index in [9.17, 15) is 22.8 Å². The van der Waals surface area contributed by atoms with Crippen molar-refractivity contribution < 1.29 is 22.8 Å². The van der Waals surface area contributed by atoms with Crippen LogP contribution in [0.1, 0.15) is 40.2 Å². The molecule has 2 aliphatic rings. The summed E-state index contributed by atoms with van der Waals surface area (Å²) in [6.07, 6.45) is -3.68. The maximum absolute atomic E-state index is 13.5. The zero-order valence-electron chi connectivity index (χ0n) is 18.9. The highest BCUT2D eigenvalue weighted by atomic mass is 19.4. The summed E-state index contributed by atoms with van der Waals surface area (Å²) in [6, 6.07) is 6.88. The molecule has 180 valence electrons. The largest absolute Gasteiger partial charge is 0.417 e. The van der Waals surface area contributed by atoms with Crippen LogP contribution in [0.3, 0.4) is 0 Å². The van der Waals surface area contributed by atoms with Crippen LogP contribution in [-0.2, 0) is 18.0 Å². The van der Waals surface area contributed by atoms with Gasteiger partial charge in [-0.25, -0.2) is 0 Å². The van der Waals surface area contributed by atoms with Crippen LogP contribution in [0.25, 0.3) is 0 Å². The summed E-state index contributed by atoms with van der Waals surface area (Å²) in [5.41, 5.74) is 5.21. The number of likely N-dealkylation sites (tertiary alicyclic amines) is 1. The Morgan fingerprint density at radius 2 is 1.91 bits per heavy atom. The summed E-state index contributed by atoms with van der Waals surface area (Å²) in [4.78, 5) is 28.6. The quantitative estimate of drug-likeness (QED) is 0.735. The molecule has 2 N–H and O–H groups in total. The van der Waals surface area contributed by atoms with Gasteiger partial charge in [0.1, 0.15) is 0 Å². The molecule has 1 aromatic heterocycles. The summed E-state index contributed by atoms with van der Waals surface area (Å²) in [5, 5.41) is 13.3. The van der Waals surface area contributed by atoms with Crippen LogP contribution in [0.5, 0.6) is 0 Å². The number of carbonyl (C=O) groups excluding carboxylic acids is 2. The van der Waals surface area contributed by atoms with E-state index in [1.165, 1.54) is 6.07 Å². The summed E-state index contributed by atoms with van der Waals surface area (Å²) in [7, 11) is 1.76. The molecule has 8 nitrogen and oxygen atoms in total. The van der Waals surface area contributed by atoms with Crippen molar-refractivity contribution >= 4 is 17.5 Å². The second kappa shape index (κ2) is 8.34. The highest BCUT2D eigenvalue weighted by Crippen LogP contribution is 2.47. The van der Waals surface area contributed by atoms with Crippen molar-refractivity contribution in [3.63, 3.8) is 0 Å². The average Bonchev–Trinajstić information content (AvgIpc) is 3.33. The van der Waals surface area contributed by atoms with E-state index in [0.29, 0.717) is 38.2 Å². The van der Waals surface area contributed by atoms with Crippen molar-refractivity contribution in [1.29, 1.82) is 5.26 Å². The van der Waals surface area contributed by atoms with E-state index in [4.69, 9.17) is 11.0 Å². The SMILES string of the molecule is Cc1cc(C(=O)N2CCC3(CC2)CN(c2ccc(C#N)c(C(F)(F)F)c2)CC3C(N)=O)nn1C. The number of carbonyl (C=O) groups is 2. The summed E-state index contributed by atoms with van der Waals surface area (Å²) < 4.78 is 42.0. The van der Waals surface area contributed by atoms with Gasteiger partial charge in [0.25, 0.3) is 5.91 Å². The van der Waals surface area contributed by atoms with Gasteiger partial charge in [0.05, 0.1) is 23.1 Å². The van der Waals surface area contributed by atoms with Gasteiger partial charge in [0.15, 0.2) is 5.69 Å². The smallest absolute Gasteiger partial charge is 0.370 e. The van der Waals surface area contributed by atoms with E-state index in [1.807, 2.05) is 6.92 Å². The fraction of sp³-hybridized carbons (Fsp3) is 0.478. The van der Waals surface area contributed by atoms with E-state index in [-0.39, 0.29) is 18.1 Å². The fourth-order valence-corrected chi connectivity index (χ4v) is 5.11. The summed E-state index contributed by atoms with van der Waals surface area (Å²) >= 11 is 0. The number of aryl methyl sites for hydroxylation is 2. The van der Waals surface area contributed by atoms with Crippen LogP contribution in [0, 0.1) is 29.6 Å². The van der Waals surface area contributed by atoms with Crippen molar-refractivity contribution in [3.05, 3.63) is 46.8 Å². The number of piperidine rings is 1. The van der Waals surface area contributed by atoms with Crippen molar-refractivity contribution in [2.45, 2.75) is 25.9 Å². The molecule has 0 aliphatic carbocycles. The zero-order chi connectivity index (χ0) is 24.8. The second-order valence-electron chi connectivity index (χ2n) is 9.12. The molecule has 0 radical (unpaired) electrons. The Labute approximate surface area is 194 Å². The van der Waals surface area contributed by atoms with Gasteiger partial charge in [-0.2, -0.15) is 23.5 Å². The number of hydrogen-bond donors (Lipinski definition) is 1. The molecule has 2 saturated heterocycles. The molecule has 0 saturated carbocycles. The highest BCUT2D eigenvalue weighted by molar-refractivity contribution is 5.92. The van der Waals surface area contributed by atoms with Gasteiger partial charge in [-0.15, -0.1) is 0 Å². The minimum atomic E-state index is -4.67. The molecule has 0 bridgehead atoms. The van der Waals surface area contributed by atoms with Crippen molar-refractivity contribution in [2.24, 2.45) is 24.1 Å². The Morgan fingerprint density at radius 3 is 2.44 bits per heavy atom. The standard InChI is InChI=1S/C23H25F3N6O2/c1-14-9-19(29-30(14)2)21(34)31-7-5-22(6-8-31)13-32(12-18(22)20(28)33)16-4-3-15(11-27)17(10-16)23(24,25)26/h3-4,9-10,18H,5-8,12-13H2,1-2H3,(H2,28,33). The number of nitrogens with zero attached hydrogens (tertiary/aromatic N) is 5. The minimum absolute atomic E-state index is 0.186. The molecule has 4 rings (SSSR count). The van der Waals surface area contributed by atoms with Crippen LogP contribution < -0.4 is 10.6 Å². The third kappa shape index (κ3) is 4.08. The van der Waals surface area contributed by atoms with Crippen LogP contribution >= 0.6 is 0 Å². The Balaban J connectivity index is 1.55. The first kappa shape index (κ1) is 23.6. The van der Waals surface area contributed by atoms with Crippen LogP contribution in [0.15, 0.2) is 24.3 Å². The third-order valence-electron chi connectivity index (χ3n) is 7.16. The van der Waals surface area contributed by atoms with Gasteiger partial charge in [-0.05, 0) is 44.0 Å². The van der Waals surface area contributed by atoms with E-state index < -0.39 is 34.5 Å². The number of primary amides is 1. The Kier molecular flexibility index (Phi) is 5.79. The first-order valence-electron chi connectivity index (χ1n) is 10.9. The van der Waals surface area contributed by atoms with Gasteiger partial charge in [0.2, 0.25) is 5.91 Å². The van der Waals surface area contributed by atoms with Gasteiger partial charge < -0.3 is 15.5 Å². The second-order valence-corrected chi connectivity index (χ2v) is 9.12. The number of nitriles is 1. The molecule has 1 atom stereocenters. The molecule has 2 amide bonds. The molecule has 1 unspecified atom stereocenters. The maximum Gasteiger partial charge on any atom is 0.417 e. The van der Waals surface area contributed by atoms with E-state index >= 15 is 0 Å². The molecule has 1 spiro atoms. The van der Waals surface area contributed by atoms with Crippen molar-refractivity contribution in [3.8, 4) is 6.07 Å². The van der Waals surface area contributed by atoms with E-state index in [0.717, 1.165) is 17.8 Å². The van der Waals surface area contributed by atoms with Gasteiger partial charge in [-0.3, -0.25) is 14.3 Å². The number of alkyl halides is 3. The van der Waals surface area contributed by atoms with Crippen LogP contribution in [0.2, 0.25) is 0 Å². The average molecular weight is 474 g/mol. The number of rotatable bonds is 3. The van der Waals surface area contributed by atoms with Gasteiger partial charge >= 0.3 is 6.18 Å². The number of hydrogen-bond acceptors (Lipinski definition) is 5. The predicted octanol–water partition coefficient (Wildman–Crippen LogP) is 2.46. The third-order valence-corrected chi connectivity index (χ3v) is 7.16. The molecule has 34 heavy (non-hydrogen) atoms. The molecule has 2 aliphatic heterocycles. The first-order chi connectivity index (χ1) is 15.9. The molecular weight excluding hydrogens is 449 g/mol. The lowest BCUT2D eigenvalue weighted by Gasteiger charge is -2.41. The molecule has 2 aromatic rings. The maximum atomic E-state index is 13.5. The van der Waals surface area contributed by atoms with Crippen LogP contribution in [-0.4, -0.2) is 52.7 Å². The number of aromatic nitrogens is 2. The number of benzene rings is 1. The zero-order valence-corrected chi connectivity index (χ0v) is 18.9. The predicted molar refractivity (Wildman–Crippen MR) is 117 cm³/mol. The lowest BCUT2D eigenvalue weighted by atomic mass is 9.70. The number of nitrogens with two attached hydrogens (primary N) is 1. The van der Waals surface area contributed by atoms with Gasteiger partial charge in [0, 0.05) is 50.0 Å². The van der Waals surface area contributed by atoms with Gasteiger partial charge in [-0.1, -0.05) is 0 Å². The molecule has 11 heteroatoms. The van der Waals surface area contributed by atoms with Crippen LogP contribution in [0.4, 0.5) is 18.9 Å². The van der Waals surface area contributed by atoms with E-state index in [2.05, 4.69) is 5.10 Å². The molecule has 1 aromatic carbocycles. The fourth-order valence-electron chi connectivity index (χ4n) is 5.11. The van der Waals surface area contributed by atoms with E-state index in [1.54, 1.807) is 33.7 Å². The number of halogens is 3. The lowest BCUT2D eigenvalue weighted by Crippen LogP contribution is -2.49. The minimum Gasteiger partial charge on any atom is -0.370 e. The Hall–Kier alpha value is -3.55. The van der Waals surface area contributed by atoms with Crippen molar-refractivity contribution in [1.82, 2.24) is 14.7 Å². The normalized spacial score (nSPS) is 19.9. The monoisotopic (exact) mass is 474 g/mol. The lowest BCUT2D eigenvalue weighted by molar-refractivity contribution is -0.137. The topological polar surface area (TPSA) is 108 Å². The van der Waals surface area contributed by atoms with Crippen molar-refractivity contribution in [2.75, 3.05) is 31.1 Å². The Bertz CT molecular complexity index is 1150. The summed E-state index contributed by atoms with van der Waals surface area (Å²) in [6.45, 7) is 3.17.